The van der Waals surface area contributed by atoms with Gasteiger partial charge in [-0.3, -0.25) is 9.59 Å². The van der Waals surface area contributed by atoms with Crippen LogP contribution in [0, 0.1) is 0 Å². The highest BCUT2D eigenvalue weighted by Crippen LogP contribution is 2.33. The number of rotatable bonds is 6. The van der Waals surface area contributed by atoms with E-state index in [4.69, 9.17) is 21.1 Å². The lowest BCUT2D eigenvalue weighted by molar-refractivity contribution is -0.120. The van der Waals surface area contributed by atoms with Crippen molar-refractivity contribution < 1.29 is 19.1 Å². The Morgan fingerprint density at radius 2 is 2.00 bits per heavy atom. The summed E-state index contributed by atoms with van der Waals surface area (Å²) in [5.41, 5.74) is 1.86. The van der Waals surface area contributed by atoms with Crippen LogP contribution in [0.5, 0.6) is 5.75 Å². The Labute approximate surface area is 140 Å². The third-order valence-electron chi connectivity index (χ3n) is 3.50. The first-order valence-corrected chi connectivity index (χ1v) is 7.87. The van der Waals surface area contributed by atoms with Gasteiger partial charge in [-0.25, -0.2) is 4.90 Å². The lowest BCUT2D eigenvalue weighted by atomic mass is 10.1. The standard InChI is InChI=1S/C17H20ClNO4/c1-4-22-7-8-23-15-9-12(5-6-14(15)18)19-16(20)10-13(11(2)3)17(19)21/h5-6,9H,4,7-8,10H2,1-3H3. The molecule has 0 unspecified atom stereocenters. The summed E-state index contributed by atoms with van der Waals surface area (Å²) in [5.74, 6) is -0.0958. The van der Waals surface area contributed by atoms with Crippen LogP contribution in [0.25, 0.3) is 0 Å². The van der Waals surface area contributed by atoms with Gasteiger partial charge < -0.3 is 9.47 Å². The van der Waals surface area contributed by atoms with Crippen molar-refractivity contribution in [3.8, 4) is 5.75 Å². The van der Waals surface area contributed by atoms with E-state index in [1.54, 1.807) is 18.2 Å². The largest absolute Gasteiger partial charge is 0.490 e. The molecule has 5 nitrogen and oxygen atoms in total. The Morgan fingerprint density at radius 1 is 1.26 bits per heavy atom. The number of imide groups is 1. The molecule has 1 aromatic carbocycles. The van der Waals surface area contributed by atoms with Crippen molar-refractivity contribution in [2.24, 2.45) is 0 Å². The number of nitrogens with zero attached hydrogens (tertiary/aromatic N) is 1. The number of amides is 2. The van der Waals surface area contributed by atoms with Crippen molar-refractivity contribution in [3.63, 3.8) is 0 Å². The van der Waals surface area contributed by atoms with Crippen molar-refractivity contribution in [2.45, 2.75) is 27.2 Å². The monoisotopic (exact) mass is 337 g/mol. The fourth-order valence-corrected chi connectivity index (χ4v) is 2.47. The molecule has 0 radical (unpaired) electrons. The van der Waals surface area contributed by atoms with Crippen molar-refractivity contribution in [1.82, 2.24) is 0 Å². The molecule has 0 N–H and O–H groups in total. The minimum atomic E-state index is -0.280. The molecular weight excluding hydrogens is 318 g/mol. The summed E-state index contributed by atoms with van der Waals surface area (Å²) in [5, 5.41) is 0.423. The number of carbonyl (C=O) groups is 2. The van der Waals surface area contributed by atoms with Crippen LogP contribution in [-0.2, 0) is 14.3 Å². The van der Waals surface area contributed by atoms with Gasteiger partial charge in [0.2, 0.25) is 5.91 Å². The molecule has 124 valence electrons. The van der Waals surface area contributed by atoms with E-state index in [9.17, 15) is 9.59 Å². The molecule has 1 saturated heterocycles. The van der Waals surface area contributed by atoms with Gasteiger partial charge in [-0.2, -0.15) is 0 Å². The number of benzene rings is 1. The molecular formula is C17H20ClNO4. The van der Waals surface area contributed by atoms with E-state index >= 15 is 0 Å². The maximum atomic E-state index is 12.4. The van der Waals surface area contributed by atoms with Gasteiger partial charge in [0.15, 0.2) is 0 Å². The third-order valence-corrected chi connectivity index (χ3v) is 3.82. The van der Waals surface area contributed by atoms with Crippen LogP contribution >= 0.6 is 11.6 Å². The number of allylic oxidation sites excluding steroid dienone is 1. The van der Waals surface area contributed by atoms with Crippen LogP contribution in [0.2, 0.25) is 5.02 Å². The first kappa shape index (κ1) is 17.5. The Hall–Kier alpha value is -1.85. The van der Waals surface area contributed by atoms with E-state index < -0.39 is 0 Å². The maximum Gasteiger partial charge on any atom is 0.261 e. The average Bonchev–Trinajstić information content (AvgIpc) is 2.81. The summed E-state index contributed by atoms with van der Waals surface area (Å²) in [6.07, 6.45) is 0.129. The van der Waals surface area contributed by atoms with E-state index in [0.29, 0.717) is 41.9 Å². The summed E-state index contributed by atoms with van der Waals surface area (Å²) >= 11 is 6.10. The predicted molar refractivity (Wildman–Crippen MR) is 88.9 cm³/mol. The molecule has 0 atom stereocenters. The SMILES string of the molecule is CCOCCOc1cc(N2C(=O)CC(=C(C)C)C2=O)ccc1Cl. The average molecular weight is 338 g/mol. The number of hydrogen-bond acceptors (Lipinski definition) is 4. The highest BCUT2D eigenvalue weighted by molar-refractivity contribution is 6.32. The molecule has 1 aliphatic heterocycles. The zero-order valence-corrected chi connectivity index (χ0v) is 14.3. The number of hydrogen-bond donors (Lipinski definition) is 0. The highest BCUT2D eigenvalue weighted by atomic mass is 35.5. The first-order chi connectivity index (χ1) is 11.0. The lowest BCUT2D eigenvalue weighted by Crippen LogP contribution is -2.29. The van der Waals surface area contributed by atoms with Crippen LogP contribution in [0.3, 0.4) is 0 Å². The Bertz CT molecular complexity index is 650. The maximum absolute atomic E-state index is 12.4. The summed E-state index contributed by atoms with van der Waals surface area (Å²) in [6.45, 7) is 6.96. The lowest BCUT2D eigenvalue weighted by Gasteiger charge is -2.16. The van der Waals surface area contributed by atoms with Gasteiger partial charge in [0, 0.05) is 18.2 Å². The topological polar surface area (TPSA) is 55.8 Å². The summed E-state index contributed by atoms with van der Waals surface area (Å²) < 4.78 is 10.8. The van der Waals surface area contributed by atoms with Crippen LogP contribution in [-0.4, -0.2) is 31.6 Å². The molecule has 0 bridgehead atoms. The molecule has 1 aromatic rings. The molecule has 2 rings (SSSR count). The van der Waals surface area contributed by atoms with Gasteiger partial charge in [-0.15, -0.1) is 0 Å². The molecule has 0 aliphatic carbocycles. The highest BCUT2D eigenvalue weighted by Gasteiger charge is 2.35. The second-order valence-electron chi connectivity index (χ2n) is 5.35. The molecule has 0 saturated carbocycles. The van der Waals surface area contributed by atoms with Gasteiger partial charge in [-0.05, 0) is 32.9 Å². The fourth-order valence-electron chi connectivity index (χ4n) is 2.30. The molecule has 6 heteroatoms. The summed E-state index contributed by atoms with van der Waals surface area (Å²) in [6, 6.07) is 4.87. The third kappa shape index (κ3) is 3.92. The Morgan fingerprint density at radius 3 is 2.61 bits per heavy atom. The van der Waals surface area contributed by atoms with Crippen LogP contribution < -0.4 is 9.64 Å². The summed E-state index contributed by atoms with van der Waals surface area (Å²) in [7, 11) is 0. The quantitative estimate of drug-likeness (QED) is 0.454. The molecule has 0 aromatic heterocycles. The van der Waals surface area contributed by atoms with E-state index in [1.807, 2.05) is 20.8 Å². The minimum absolute atomic E-state index is 0.129. The Kier molecular flexibility index (Phi) is 5.80. The van der Waals surface area contributed by atoms with Crippen LogP contribution in [0.4, 0.5) is 5.69 Å². The zero-order chi connectivity index (χ0) is 17.0. The van der Waals surface area contributed by atoms with Crippen molar-refractivity contribution in [2.75, 3.05) is 24.7 Å². The van der Waals surface area contributed by atoms with E-state index in [1.165, 1.54) is 4.90 Å². The van der Waals surface area contributed by atoms with Gasteiger partial charge in [-0.1, -0.05) is 17.2 Å². The summed E-state index contributed by atoms with van der Waals surface area (Å²) in [4.78, 5) is 25.8. The van der Waals surface area contributed by atoms with Crippen molar-refractivity contribution in [1.29, 1.82) is 0 Å². The zero-order valence-electron chi connectivity index (χ0n) is 13.5. The molecule has 0 spiro atoms. The predicted octanol–water partition coefficient (Wildman–Crippen LogP) is 3.36. The van der Waals surface area contributed by atoms with E-state index in [-0.39, 0.29) is 18.2 Å². The number of ether oxygens (including phenoxy) is 2. The Balaban J connectivity index is 2.22. The van der Waals surface area contributed by atoms with Crippen LogP contribution in [0.1, 0.15) is 27.2 Å². The molecule has 1 fully saturated rings. The van der Waals surface area contributed by atoms with Crippen LogP contribution in [0.15, 0.2) is 29.3 Å². The second kappa shape index (κ2) is 7.62. The van der Waals surface area contributed by atoms with E-state index in [0.717, 1.165) is 5.57 Å². The second-order valence-corrected chi connectivity index (χ2v) is 5.76. The van der Waals surface area contributed by atoms with Gasteiger partial charge in [0.25, 0.3) is 5.91 Å². The number of anilines is 1. The smallest absolute Gasteiger partial charge is 0.261 e. The molecule has 1 heterocycles. The van der Waals surface area contributed by atoms with Gasteiger partial charge >= 0.3 is 0 Å². The molecule has 2 amide bonds. The van der Waals surface area contributed by atoms with E-state index in [2.05, 4.69) is 0 Å². The first-order valence-electron chi connectivity index (χ1n) is 7.49. The number of halogens is 1. The normalized spacial score (nSPS) is 14.6. The van der Waals surface area contributed by atoms with Crippen molar-refractivity contribution in [3.05, 3.63) is 34.4 Å². The molecule has 23 heavy (non-hydrogen) atoms. The fraction of sp³-hybridized carbons (Fsp3) is 0.412. The van der Waals surface area contributed by atoms with Gasteiger partial charge in [0.1, 0.15) is 12.4 Å². The molecule has 1 aliphatic rings. The number of carbonyl (C=O) groups excluding carboxylic acids is 2. The van der Waals surface area contributed by atoms with Crippen molar-refractivity contribution >= 4 is 29.1 Å². The van der Waals surface area contributed by atoms with Gasteiger partial charge in [0.05, 0.1) is 23.7 Å². The minimum Gasteiger partial charge on any atom is -0.490 e.